The van der Waals surface area contributed by atoms with E-state index in [1.807, 2.05) is 31.2 Å². The average molecular weight is 337 g/mol. The van der Waals surface area contributed by atoms with Crippen molar-refractivity contribution >= 4 is 17.4 Å². The molecule has 128 valence electrons. The van der Waals surface area contributed by atoms with Crippen LogP contribution in [0.2, 0.25) is 0 Å². The second kappa shape index (κ2) is 8.01. The number of nitrogens with one attached hydrogen (secondary N) is 2. The Balaban J connectivity index is 1.78. The molecule has 0 unspecified atom stereocenters. The highest BCUT2D eigenvalue weighted by Crippen LogP contribution is 2.27. The van der Waals surface area contributed by atoms with Crippen LogP contribution in [0, 0.1) is 0 Å². The van der Waals surface area contributed by atoms with Crippen molar-refractivity contribution in [1.82, 2.24) is 10.3 Å². The van der Waals surface area contributed by atoms with E-state index in [1.165, 1.54) is 0 Å². The van der Waals surface area contributed by atoms with Gasteiger partial charge in [0.05, 0.1) is 30.7 Å². The maximum Gasteiger partial charge on any atom is 0.255 e. The number of carbonyl (C=O) groups is 1. The van der Waals surface area contributed by atoms with Gasteiger partial charge in [-0.15, -0.1) is 0 Å². The molecule has 0 atom stereocenters. The summed E-state index contributed by atoms with van der Waals surface area (Å²) in [6.45, 7) is 2.79. The Hall–Kier alpha value is -3.28. The SMILES string of the molecule is CCOc1ccccc1Nc1ncccc1C(=O)NCc1ccco1. The van der Waals surface area contributed by atoms with E-state index < -0.39 is 0 Å². The van der Waals surface area contributed by atoms with Crippen molar-refractivity contribution in [3.63, 3.8) is 0 Å². The fourth-order valence-electron chi connectivity index (χ4n) is 2.34. The van der Waals surface area contributed by atoms with Gasteiger partial charge in [-0.05, 0) is 43.3 Å². The van der Waals surface area contributed by atoms with Crippen LogP contribution in [0.1, 0.15) is 23.0 Å². The third kappa shape index (κ3) is 4.17. The minimum absolute atomic E-state index is 0.235. The number of amides is 1. The van der Waals surface area contributed by atoms with Crippen LogP contribution < -0.4 is 15.4 Å². The third-order valence-electron chi connectivity index (χ3n) is 3.50. The zero-order chi connectivity index (χ0) is 17.5. The Bertz CT molecular complexity index is 831. The van der Waals surface area contributed by atoms with Crippen LogP contribution in [0.3, 0.4) is 0 Å². The first kappa shape index (κ1) is 16.6. The lowest BCUT2D eigenvalue weighted by Crippen LogP contribution is -2.23. The molecular formula is C19H19N3O3. The molecule has 3 rings (SSSR count). The van der Waals surface area contributed by atoms with Crippen molar-refractivity contribution < 1.29 is 13.9 Å². The van der Waals surface area contributed by atoms with Crippen molar-refractivity contribution in [2.75, 3.05) is 11.9 Å². The van der Waals surface area contributed by atoms with Gasteiger partial charge >= 0.3 is 0 Å². The number of aromatic nitrogens is 1. The molecule has 3 aromatic rings. The maximum atomic E-state index is 12.5. The van der Waals surface area contributed by atoms with Gasteiger partial charge in [0.2, 0.25) is 0 Å². The molecule has 0 aliphatic rings. The van der Waals surface area contributed by atoms with Crippen molar-refractivity contribution in [1.29, 1.82) is 0 Å². The van der Waals surface area contributed by atoms with E-state index in [1.54, 1.807) is 36.7 Å². The Morgan fingerprint density at radius 2 is 2.04 bits per heavy atom. The molecule has 25 heavy (non-hydrogen) atoms. The van der Waals surface area contributed by atoms with Crippen LogP contribution in [0.15, 0.2) is 65.4 Å². The summed E-state index contributed by atoms with van der Waals surface area (Å²) >= 11 is 0. The van der Waals surface area contributed by atoms with Crippen LogP contribution in [0.5, 0.6) is 5.75 Å². The lowest BCUT2D eigenvalue weighted by molar-refractivity contribution is 0.0948. The van der Waals surface area contributed by atoms with E-state index in [2.05, 4.69) is 15.6 Å². The number of nitrogens with zero attached hydrogens (tertiary/aromatic N) is 1. The molecule has 6 nitrogen and oxygen atoms in total. The minimum atomic E-state index is -0.235. The highest BCUT2D eigenvalue weighted by atomic mass is 16.5. The summed E-state index contributed by atoms with van der Waals surface area (Å²) in [7, 11) is 0. The molecule has 6 heteroatoms. The van der Waals surface area contributed by atoms with Crippen molar-refractivity contribution in [3.8, 4) is 5.75 Å². The molecule has 0 aliphatic heterocycles. The van der Waals surface area contributed by atoms with E-state index in [4.69, 9.17) is 9.15 Å². The normalized spacial score (nSPS) is 10.3. The maximum absolute atomic E-state index is 12.5. The summed E-state index contributed by atoms with van der Waals surface area (Å²) in [5.74, 6) is 1.62. The zero-order valence-corrected chi connectivity index (χ0v) is 13.9. The van der Waals surface area contributed by atoms with E-state index in [0.717, 1.165) is 5.69 Å². The van der Waals surface area contributed by atoms with Crippen LogP contribution in [-0.2, 0) is 6.54 Å². The fraction of sp³-hybridized carbons (Fsp3) is 0.158. The standard InChI is InChI=1S/C19H19N3O3/c1-2-24-17-10-4-3-9-16(17)22-18-15(8-5-11-20-18)19(23)21-13-14-7-6-12-25-14/h3-12H,2,13H2,1H3,(H,20,22)(H,21,23). The molecule has 2 aromatic heterocycles. The topological polar surface area (TPSA) is 76.4 Å². The fourth-order valence-corrected chi connectivity index (χ4v) is 2.34. The number of benzene rings is 1. The lowest BCUT2D eigenvalue weighted by Gasteiger charge is -2.14. The predicted molar refractivity (Wildman–Crippen MR) is 95.0 cm³/mol. The van der Waals surface area contributed by atoms with Crippen molar-refractivity contribution in [2.24, 2.45) is 0 Å². The third-order valence-corrected chi connectivity index (χ3v) is 3.50. The summed E-state index contributed by atoms with van der Waals surface area (Å²) in [5, 5.41) is 6.00. The quantitative estimate of drug-likeness (QED) is 0.687. The molecular weight excluding hydrogens is 318 g/mol. The molecule has 0 radical (unpaired) electrons. The number of ether oxygens (including phenoxy) is 1. The Morgan fingerprint density at radius 3 is 2.84 bits per heavy atom. The minimum Gasteiger partial charge on any atom is -0.492 e. The predicted octanol–water partition coefficient (Wildman–Crippen LogP) is 3.75. The summed E-state index contributed by atoms with van der Waals surface area (Å²) in [6, 6.07) is 14.6. The van der Waals surface area contributed by atoms with Crippen LogP contribution in [0.25, 0.3) is 0 Å². The molecule has 0 saturated carbocycles. The highest BCUT2D eigenvalue weighted by molar-refractivity contribution is 5.99. The van der Waals surface area contributed by atoms with Crippen LogP contribution in [0.4, 0.5) is 11.5 Å². The zero-order valence-electron chi connectivity index (χ0n) is 13.9. The number of carbonyl (C=O) groups excluding carboxylic acids is 1. The second-order valence-electron chi connectivity index (χ2n) is 5.22. The van der Waals surface area contributed by atoms with Crippen molar-refractivity contribution in [2.45, 2.75) is 13.5 Å². The van der Waals surface area contributed by atoms with E-state index in [9.17, 15) is 4.79 Å². The van der Waals surface area contributed by atoms with Gasteiger partial charge in [-0.25, -0.2) is 4.98 Å². The molecule has 0 aliphatic carbocycles. The number of furan rings is 1. The number of para-hydroxylation sites is 2. The van der Waals surface area contributed by atoms with E-state index in [0.29, 0.717) is 36.0 Å². The second-order valence-corrected chi connectivity index (χ2v) is 5.22. The Morgan fingerprint density at radius 1 is 1.16 bits per heavy atom. The highest BCUT2D eigenvalue weighted by Gasteiger charge is 2.14. The molecule has 2 N–H and O–H groups in total. The van der Waals surface area contributed by atoms with Gasteiger partial charge in [0, 0.05) is 6.20 Å². The van der Waals surface area contributed by atoms with Crippen LogP contribution >= 0.6 is 0 Å². The average Bonchev–Trinajstić information content (AvgIpc) is 3.16. The van der Waals surface area contributed by atoms with E-state index in [-0.39, 0.29) is 5.91 Å². The molecule has 2 heterocycles. The van der Waals surface area contributed by atoms with Gasteiger partial charge in [0.25, 0.3) is 5.91 Å². The smallest absolute Gasteiger partial charge is 0.255 e. The Labute approximate surface area is 145 Å². The number of rotatable bonds is 7. The number of anilines is 2. The van der Waals surface area contributed by atoms with Gasteiger partial charge in [0.15, 0.2) is 0 Å². The molecule has 0 saturated heterocycles. The molecule has 1 aromatic carbocycles. The first-order chi connectivity index (χ1) is 12.3. The molecule has 1 amide bonds. The van der Waals surface area contributed by atoms with Gasteiger partial charge < -0.3 is 19.8 Å². The summed E-state index contributed by atoms with van der Waals surface area (Å²) in [6.07, 6.45) is 3.21. The lowest BCUT2D eigenvalue weighted by atomic mass is 10.2. The first-order valence-corrected chi connectivity index (χ1v) is 8.02. The molecule has 0 spiro atoms. The van der Waals surface area contributed by atoms with Crippen LogP contribution in [-0.4, -0.2) is 17.5 Å². The molecule has 0 fully saturated rings. The van der Waals surface area contributed by atoms with Gasteiger partial charge in [-0.3, -0.25) is 4.79 Å². The number of pyridine rings is 1. The van der Waals surface area contributed by atoms with Crippen molar-refractivity contribution in [3.05, 3.63) is 72.3 Å². The summed E-state index contributed by atoms with van der Waals surface area (Å²) in [5.41, 5.74) is 1.20. The van der Waals surface area contributed by atoms with Gasteiger partial charge in [-0.1, -0.05) is 12.1 Å². The summed E-state index contributed by atoms with van der Waals surface area (Å²) < 4.78 is 10.8. The van der Waals surface area contributed by atoms with Gasteiger partial charge in [0.1, 0.15) is 17.3 Å². The number of hydrogen-bond acceptors (Lipinski definition) is 5. The van der Waals surface area contributed by atoms with E-state index >= 15 is 0 Å². The monoisotopic (exact) mass is 337 g/mol. The number of hydrogen-bond donors (Lipinski definition) is 2. The molecule has 0 bridgehead atoms. The van der Waals surface area contributed by atoms with Gasteiger partial charge in [-0.2, -0.15) is 0 Å². The summed E-state index contributed by atoms with van der Waals surface area (Å²) in [4.78, 5) is 16.8. The largest absolute Gasteiger partial charge is 0.492 e. The first-order valence-electron chi connectivity index (χ1n) is 8.02. The Kier molecular flexibility index (Phi) is 5.31.